The second-order valence-corrected chi connectivity index (χ2v) is 8.71. The molecular weight excluding hydrogens is 442 g/mol. The van der Waals surface area contributed by atoms with Crippen molar-refractivity contribution in [1.82, 2.24) is 0 Å². The molecule has 0 amide bonds. The molecular formula is C25H31NO6S. The number of fused-ring (bicyclic) bond motifs is 1. The molecule has 0 aromatic heterocycles. The molecule has 1 atom stereocenters. The number of rotatable bonds is 6. The molecule has 1 unspecified atom stereocenters. The van der Waals surface area contributed by atoms with Crippen molar-refractivity contribution in [2.45, 2.75) is 53.1 Å². The minimum Gasteiger partial charge on any atom is -0.493 e. The van der Waals surface area contributed by atoms with Crippen LogP contribution in [0.4, 0.5) is 5.69 Å². The fourth-order valence-corrected chi connectivity index (χ4v) is 4.37. The average molecular weight is 474 g/mol. The van der Waals surface area contributed by atoms with Gasteiger partial charge in [0.25, 0.3) is 0 Å². The van der Waals surface area contributed by atoms with Gasteiger partial charge in [-0.15, -0.1) is 0 Å². The van der Waals surface area contributed by atoms with Gasteiger partial charge >= 0.3 is 5.97 Å². The number of ether oxygens (including phenoxy) is 5. The van der Waals surface area contributed by atoms with Gasteiger partial charge in [0.1, 0.15) is 16.5 Å². The number of methoxy groups -OCH3 is 3. The summed E-state index contributed by atoms with van der Waals surface area (Å²) in [5.41, 5.74) is 3.77. The van der Waals surface area contributed by atoms with Crippen molar-refractivity contribution in [1.29, 1.82) is 0 Å². The Labute approximate surface area is 200 Å². The molecule has 33 heavy (non-hydrogen) atoms. The zero-order chi connectivity index (χ0) is 24.5. The lowest BCUT2D eigenvalue weighted by molar-refractivity contribution is -0.132. The van der Waals surface area contributed by atoms with Gasteiger partial charge in [-0.25, -0.2) is 0 Å². The lowest BCUT2D eigenvalue weighted by Crippen LogP contribution is -2.47. The first-order chi connectivity index (χ1) is 15.6. The van der Waals surface area contributed by atoms with E-state index in [2.05, 4.69) is 5.32 Å². The summed E-state index contributed by atoms with van der Waals surface area (Å²) < 4.78 is 28.3. The number of carbonyl (C=O) groups is 1. The summed E-state index contributed by atoms with van der Waals surface area (Å²) in [6.45, 7) is 9.26. The van der Waals surface area contributed by atoms with Crippen molar-refractivity contribution in [3.8, 4) is 28.7 Å². The van der Waals surface area contributed by atoms with E-state index >= 15 is 0 Å². The normalized spacial score (nSPS) is 16.8. The summed E-state index contributed by atoms with van der Waals surface area (Å²) in [4.78, 5) is 12.1. The number of carbonyl (C=O) groups excluding carboxylic acids is 1. The lowest BCUT2D eigenvalue weighted by Gasteiger charge is -2.38. The fourth-order valence-electron chi connectivity index (χ4n) is 4.11. The predicted octanol–water partition coefficient (Wildman–Crippen LogP) is 5.09. The van der Waals surface area contributed by atoms with Gasteiger partial charge in [-0.05, 0) is 57.2 Å². The number of hydrogen-bond donors (Lipinski definition) is 1. The summed E-state index contributed by atoms with van der Waals surface area (Å²) in [6, 6.07) is 3.61. The first kappa shape index (κ1) is 24.6. The van der Waals surface area contributed by atoms with E-state index in [9.17, 15) is 4.79 Å². The summed E-state index contributed by atoms with van der Waals surface area (Å²) in [6.07, 6.45) is 1.41. The third kappa shape index (κ3) is 4.57. The molecule has 3 rings (SSSR count). The number of benzene rings is 2. The molecule has 1 aliphatic heterocycles. The second kappa shape index (κ2) is 9.47. The molecule has 1 aliphatic rings. The highest BCUT2D eigenvalue weighted by Gasteiger charge is 2.38. The third-order valence-electron chi connectivity index (χ3n) is 6.14. The highest BCUT2D eigenvalue weighted by atomic mass is 32.1. The van der Waals surface area contributed by atoms with Crippen LogP contribution in [0.5, 0.6) is 28.7 Å². The van der Waals surface area contributed by atoms with Crippen molar-refractivity contribution < 1.29 is 28.5 Å². The maximum Gasteiger partial charge on any atom is 0.308 e. The molecule has 178 valence electrons. The highest BCUT2D eigenvalue weighted by Crippen LogP contribution is 2.45. The van der Waals surface area contributed by atoms with Crippen molar-refractivity contribution in [3.05, 3.63) is 34.4 Å². The Kier molecular flexibility index (Phi) is 7.07. The van der Waals surface area contributed by atoms with Crippen molar-refractivity contribution in [2.75, 3.05) is 26.6 Å². The SMILES string of the molecule is COc1cc(NC(=S)C2(C)CCc3c(C)c(OC(C)=O)c(C)c(C)c3O2)cc(OC)c1OC. The summed E-state index contributed by atoms with van der Waals surface area (Å²) in [5, 5.41) is 3.29. The fraction of sp³-hybridized carbons (Fsp3) is 0.440. The topological polar surface area (TPSA) is 75.3 Å². The predicted molar refractivity (Wildman–Crippen MR) is 132 cm³/mol. The van der Waals surface area contributed by atoms with Crippen LogP contribution in [0.2, 0.25) is 0 Å². The molecule has 0 saturated carbocycles. The second-order valence-electron chi connectivity index (χ2n) is 8.31. The Hall–Kier alpha value is -3.00. The van der Waals surface area contributed by atoms with Crippen LogP contribution in [0.1, 0.15) is 42.5 Å². The van der Waals surface area contributed by atoms with E-state index in [4.69, 9.17) is 35.9 Å². The molecule has 0 fully saturated rings. The van der Waals surface area contributed by atoms with Gasteiger partial charge in [-0.2, -0.15) is 0 Å². The van der Waals surface area contributed by atoms with E-state index in [1.807, 2.05) is 27.7 Å². The lowest BCUT2D eigenvalue weighted by atomic mass is 9.87. The Morgan fingerprint density at radius 3 is 2.12 bits per heavy atom. The Morgan fingerprint density at radius 2 is 1.61 bits per heavy atom. The zero-order valence-corrected chi connectivity index (χ0v) is 21.2. The smallest absolute Gasteiger partial charge is 0.308 e. The third-order valence-corrected chi connectivity index (χ3v) is 6.67. The van der Waals surface area contributed by atoms with Gasteiger partial charge in [0, 0.05) is 30.3 Å². The largest absolute Gasteiger partial charge is 0.493 e. The van der Waals surface area contributed by atoms with Crippen LogP contribution in [0.25, 0.3) is 0 Å². The zero-order valence-electron chi connectivity index (χ0n) is 20.4. The van der Waals surface area contributed by atoms with Crippen molar-refractivity contribution in [3.63, 3.8) is 0 Å². The van der Waals surface area contributed by atoms with E-state index in [1.54, 1.807) is 33.5 Å². The molecule has 0 spiro atoms. The molecule has 1 N–H and O–H groups in total. The van der Waals surface area contributed by atoms with Crippen LogP contribution < -0.4 is 29.0 Å². The molecule has 2 aromatic rings. The van der Waals surface area contributed by atoms with Crippen LogP contribution in [0.3, 0.4) is 0 Å². The van der Waals surface area contributed by atoms with Gasteiger partial charge in [-0.1, -0.05) is 12.2 Å². The number of esters is 1. The van der Waals surface area contributed by atoms with E-state index in [-0.39, 0.29) is 5.97 Å². The first-order valence-electron chi connectivity index (χ1n) is 10.7. The van der Waals surface area contributed by atoms with Gasteiger partial charge in [-0.3, -0.25) is 4.79 Å². The quantitative estimate of drug-likeness (QED) is 0.353. The molecule has 8 heteroatoms. The summed E-state index contributed by atoms with van der Waals surface area (Å²) in [5.74, 6) is 2.64. The summed E-state index contributed by atoms with van der Waals surface area (Å²) >= 11 is 5.79. The maximum absolute atomic E-state index is 11.6. The van der Waals surface area contributed by atoms with Gasteiger partial charge in [0.2, 0.25) is 5.75 Å². The molecule has 0 radical (unpaired) electrons. The number of anilines is 1. The highest BCUT2D eigenvalue weighted by molar-refractivity contribution is 7.80. The summed E-state index contributed by atoms with van der Waals surface area (Å²) in [7, 11) is 4.70. The van der Waals surface area contributed by atoms with E-state index in [1.165, 1.54) is 6.92 Å². The molecule has 0 aliphatic carbocycles. The van der Waals surface area contributed by atoms with Gasteiger partial charge < -0.3 is 29.0 Å². The van der Waals surface area contributed by atoms with E-state index < -0.39 is 5.60 Å². The monoisotopic (exact) mass is 473 g/mol. The maximum atomic E-state index is 11.6. The molecule has 7 nitrogen and oxygen atoms in total. The Bertz CT molecular complexity index is 1090. The first-order valence-corrected chi connectivity index (χ1v) is 11.1. The van der Waals surface area contributed by atoms with Gasteiger partial charge in [0.05, 0.1) is 21.3 Å². The number of nitrogens with one attached hydrogen (secondary N) is 1. The molecule has 2 aromatic carbocycles. The van der Waals surface area contributed by atoms with E-state index in [0.29, 0.717) is 40.1 Å². The molecule has 0 bridgehead atoms. The Balaban J connectivity index is 1.93. The van der Waals surface area contributed by atoms with Crippen LogP contribution in [-0.2, 0) is 11.2 Å². The van der Waals surface area contributed by atoms with E-state index in [0.717, 1.165) is 34.4 Å². The average Bonchev–Trinajstić information content (AvgIpc) is 2.79. The Morgan fingerprint density at radius 1 is 1.00 bits per heavy atom. The van der Waals surface area contributed by atoms with Crippen LogP contribution in [0, 0.1) is 20.8 Å². The molecule has 1 heterocycles. The van der Waals surface area contributed by atoms with Crippen LogP contribution >= 0.6 is 12.2 Å². The minimum absolute atomic E-state index is 0.335. The molecule has 0 saturated heterocycles. The standard InChI is InChI=1S/C25H31NO6S/c1-13-14(2)22-18(15(3)21(13)31-16(4)27)9-10-25(5,32-22)24(33)26-17-11-19(28-6)23(30-8)20(12-17)29-7/h11-12H,9-10H2,1-8H3,(H,26,33). The van der Waals surface area contributed by atoms with Gasteiger partial charge in [0.15, 0.2) is 17.1 Å². The van der Waals surface area contributed by atoms with Crippen molar-refractivity contribution >= 4 is 28.9 Å². The van der Waals surface area contributed by atoms with Crippen LogP contribution in [-0.4, -0.2) is 37.9 Å². The van der Waals surface area contributed by atoms with Crippen molar-refractivity contribution in [2.24, 2.45) is 0 Å². The minimum atomic E-state index is -0.727. The number of thiocarbonyl (C=S) groups is 1. The van der Waals surface area contributed by atoms with Crippen LogP contribution in [0.15, 0.2) is 12.1 Å². The number of hydrogen-bond acceptors (Lipinski definition) is 7.